The first kappa shape index (κ1) is 32.2. The van der Waals surface area contributed by atoms with Gasteiger partial charge < -0.3 is 25.8 Å². The zero-order valence-corrected chi connectivity index (χ0v) is 26.4. The monoisotopic (exact) mass is 644 g/mol. The van der Waals surface area contributed by atoms with Crippen LogP contribution in [0.4, 0.5) is 14.9 Å². The van der Waals surface area contributed by atoms with Gasteiger partial charge in [-0.05, 0) is 68.8 Å². The molecule has 2 heterocycles. The van der Waals surface area contributed by atoms with Crippen LogP contribution in [0.25, 0.3) is 4.96 Å². The number of amides is 3. The molecule has 0 unspecified atom stereocenters. The van der Waals surface area contributed by atoms with Crippen molar-refractivity contribution in [2.75, 3.05) is 5.32 Å². The van der Waals surface area contributed by atoms with Crippen molar-refractivity contribution in [3.63, 3.8) is 0 Å². The second-order valence-corrected chi connectivity index (χ2v) is 12.3. The molecular formula is C34H35FN5O5S+. The zero-order valence-electron chi connectivity index (χ0n) is 25.6. The van der Waals surface area contributed by atoms with E-state index in [4.69, 9.17) is 4.74 Å². The number of halogens is 1. The largest absolute Gasteiger partial charge is 0.508 e. The van der Waals surface area contributed by atoms with Crippen molar-refractivity contribution in [3.05, 3.63) is 118 Å². The fraction of sp³-hybridized carbons (Fsp3) is 0.235. The number of hydrogen-bond donors (Lipinski definition) is 4. The van der Waals surface area contributed by atoms with Gasteiger partial charge in [0.15, 0.2) is 5.69 Å². The first-order chi connectivity index (χ1) is 22.0. The number of fused-ring (bicyclic) bond motifs is 1. The Balaban J connectivity index is 1.31. The van der Waals surface area contributed by atoms with Gasteiger partial charge in [0.1, 0.15) is 36.5 Å². The number of aromatic hydroxyl groups is 1. The van der Waals surface area contributed by atoms with Crippen LogP contribution in [0.1, 0.15) is 45.9 Å². The number of carbonyl (C=O) groups excluding carboxylic acids is 3. The Morgan fingerprint density at radius 2 is 1.72 bits per heavy atom. The van der Waals surface area contributed by atoms with Crippen molar-refractivity contribution >= 4 is 39.9 Å². The zero-order chi connectivity index (χ0) is 32.8. The van der Waals surface area contributed by atoms with E-state index >= 15 is 0 Å². The standard InChI is InChI=1S/C34H34FN5O5S/c1-21(2)45-32(43)24-10-12-26(13-11-24)37-33(44)38-30(16-23-8-14-28(41)15-9-23)31(42)36-17-27-20-39-18-22(3)46-34(39)40(27)19-25-6-4-5-7-29(25)35/h4-15,18,20-21,30H,16-17,19H2,1-3H3,(H3-,36,37,38,41,42,43,44)/p+1/t30-/m0/s1. The van der Waals surface area contributed by atoms with Gasteiger partial charge in [-0.3, -0.25) is 4.79 Å². The maximum absolute atomic E-state index is 14.6. The summed E-state index contributed by atoms with van der Waals surface area (Å²) in [6, 6.07) is 17.6. The van der Waals surface area contributed by atoms with Gasteiger partial charge in [0.2, 0.25) is 5.91 Å². The lowest BCUT2D eigenvalue weighted by atomic mass is 10.0. The van der Waals surface area contributed by atoms with E-state index < -0.39 is 23.9 Å². The van der Waals surface area contributed by atoms with Gasteiger partial charge in [-0.2, -0.15) is 4.40 Å². The fourth-order valence-electron chi connectivity index (χ4n) is 4.90. The van der Waals surface area contributed by atoms with Gasteiger partial charge in [-0.1, -0.05) is 41.7 Å². The summed E-state index contributed by atoms with van der Waals surface area (Å²) in [5, 5.41) is 18.1. The highest BCUT2D eigenvalue weighted by Gasteiger charge is 2.25. The number of phenols is 1. The summed E-state index contributed by atoms with van der Waals surface area (Å²) in [5.41, 5.74) is 2.76. The second kappa shape index (κ2) is 14.2. The van der Waals surface area contributed by atoms with E-state index in [1.807, 2.05) is 28.3 Å². The van der Waals surface area contributed by atoms with E-state index in [1.54, 1.807) is 79.8 Å². The number of esters is 1. The van der Waals surface area contributed by atoms with Crippen LogP contribution in [0, 0.1) is 12.7 Å². The van der Waals surface area contributed by atoms with Gasteiger partial charge in [0.25, 0.3) is 0 Å². The summed E-state index contributed by atoms with van der Waals surface area (Å²) in [5.74, 6) is -1.13. The highest BCUT2D eigenvalue weighted by molar-refractivity contribution is 7.16. The quantitative estimate of drug-likeness (QED) is 0.118. The summed E-state index contributed by atoms with van der Waals surface area (Å²) in [6.45, 7) is 5.92. The van der Waals surface area contributed by atoms with Gasteiger partial charge >= 0.3 is 17.0 Å². The molecule has 3 amide bonds. The van der Waals surface area contributed by atoms with Crippen LogP contribution in [0.3, 0.4) is 0 Å². The predicted molar refractivity (Wildman–Crippen MR) is 172 cm³/mol. The Hall–Kier alpha value is -5.23. The molecule has 5 rings (SSSR count). The first-order valence-electron chi connectivity index (χ1n) is 14.7. The van der Waals surface area contributed by atoms with E-state index in [0.717, 1.165) is 21.1 Å². The van der Waals surface area contributed by atoms with E-state index in [2.05, 4.69) is 16.0 Å². The van der Waals surface area contributed by atoms with Crippen LogP contribution in [-0.2, 0) is 29.0 Å². The molecule has 2 aromatic heterocycles. The number of hydrogen-bond acceptors (Lipinski definition) is 6. The lowest BCUT2D eigenvalue weighted by molar-refractivity contribution is -0.506. The molecule has 1 atom stereocenters. The number of rotatable bonds is 11. The predicted octanol–water partition coefficient (Wildman–Crippen LogP) is 5.10. The van der Waals surface area contributed by atoms with Crippen molar-refractivity contribution in [2.45, 2.75) is 52.4 Å². The number of aryl methyl sites for hydroxylation is 1. The third-order valence-corrected chi connectivity index (χ3v) is 8.15. The molecule has 4 N–H and O–H groups in total. The maximum atomic E-state index is 14.6. The summed E-state index contributed by atoms with van der Waals surface area (Å²) in [7, 11) is 0. The number of nitrogens with one attached hydrogen (secondary N) is 3. The maximum Gasteiger partial charge on any atom is 0.346 e. The Morgan fingerprint density at radius 1 is 1.00 bits per heavy atom. The molecule has 0 bridgehead atoms. The van der Waals surface area contributed by atoms with Crippen molar-refractivity contribution in [1.29, 1.82) is 0 Å². The number of phenolic OH excluding ortho intramolecular Hbond substituents is 1. The molecule has 0 aliphatic rings. The highest BCUT2D eigenvalue weighted by Crippen LogP contribution is 2.19. The molecule has 0 spiro atoms. The Morgan fingerprint density at radius 3 is 2.41 bits per heavy atom. The number of thiazole rings is 1. The molecule has 0 saturated carbocycles. The summed E-state index contributed by atoms with van der Waals surface area (Å²) < 4.78 is 23.7. The van der Waals surface area contributed by atoms with Crippen molar-refractivity contribution < 1.29 is 33.0 Å². The molecule has 0 saturated heterocycles. The number of benzene rings is 3. The van der Waals surface area contributed by atoms with Crippen LogP contribution in [0.5, 0.6) is 5.75 Å². The second-order valence-electron chi connectivity index (χ2n) is 11.1. The molecule has 0 aliphatic carbocycles. The number of aromatic nitrogens is 2. The Kier molecular flexibility index (Phi) is 9.97. The number of ether oxygens (including phenoxy) is 1. The number of urea groups is 1. The third kappa shape index (κ3) is 8.07. The van der Waals surface area contributed by atoms with Crippen LogP contribution in [-0.4, -0.2) is 39.7 Å². The average Bonchev–Trinajstić information content (AvgIpc) is 3.53. The Labute approximate surface area is 269 Å². The molecule has 3 aromatic carbocycles. The molecule has 0 aliphatic heterocycles. The first-order valence-corrected chi connectivity index (χ1v) is 15.5. The fourth-order valence-corrected chi connectivity index (χ4v) is 5.85. The van der Waals surface area contributed by atoms with Gasteiger partial charge in [-0.15, -0.1) is 0 Å². The minimum absolute atomic E-state index is 0.0829. The molecule has 238 valence electrons. The number of imidazole rings is 1. The summed E-state index contributed by atoms with van der Waals surface area (Å²) in [4.78, 5) is 40.8. The molecule has 0 fully saturated rings. The van der Waals surface area contributed by atoms with E-state index in [1.165, 1.54) is 18.2 Å². The van der Waals surface area contributed by atoms with Crippen LogP contribution < -0.4 is 20.4 Å². The normalized spacial score (nSPS) is 11.8. The topological polar surface area (TPSA) is 126 Å². The Bertz CT molecular complexity index is 1850. The van der Waals surface area contributed by atoms with Crippen molar-refractivity contribution in [3.8, 4) is 5.75 Å². The number of carbonyl (C=O) groups is 3. The molecule has 12 heteroatoms. The third-order valence-electron chi connectivity index (χ3n) is 7.11. The van der Waals surface area contributed by atoms with E-state index in [9.17, 15) is 23.9 Å². The lowest BCUT2D eigenvalue weighted by Crippen LogP contribution is -2.49. The molecule has 0 radical (unpaired) electrons. The van der Waals surface area contributed by atoms with Gasteiger partial charge in [0.05, 0.1) is 18.2 Å². The van der Waals surface area contributed by atoms with Crippen LogP contribution >= 0.6 is 11.3 Å². The van der Waals surface area contributed by atoms with Crippen molar-refractivity contribution in [2.24, 2.45) is 0 Å². The SMILES string of the molecule is Cc1c[n+]2cc(CNC(=O)[C@H](Cc3ccc(O)cc3)NC(=O)Nc3ccc(C(=O)OC(C)C)cc3)n(Cc3ccccc3F)c2s1. The van der Waals surface area contributed by atoms with Gasteiger partial charge in [-0.25, -0.2) is 18.5 Å². The van der Waals surface area contributed by atoms with Crippen LogP contribution in [0.15, 0.2) is 85.2 Å². The molecule has 5 aromatic rings. The highest BCUT2D eigenvalue weighted by atomic mass is 32.1. The van der Waals surface area contributed by atoms with Crippen molar-refractivity contribution in [1.82, 2.24) is 15.2 Å². The smallest absolute Gasteiger partial charge is 0.346 e. The number of anilines is 1. The van der Waals surface area contributed by atoms with E-state index in [-0.39, 0.29) is 37.2 Å². The molecular weight excluding hydrogens is 609 g/mol. The summed E-state index contributed by atoms with van der Waals surface area (Å²) >= 11 is 1.56. The van der Waals surface area contributed by atoms with Crippen LogP contribution in [0.2, 0.25) is 0 Å². The average molecular weight is 645 g/mol. The van der Waals surface area contributed by atoms with E-state index in [0.29, 0.717) is 16.8 Å². The summed E-state index contributed by atoms with van der Waals surface area (Å²) in [6.07, 6.45) is 3.76. The number of nitrogens with zero attached hydrogens (tertiary/aromatic N) is 2. The molecule has 46 heavy (non-hydrogen) atoms. The van der Waals surface area contributed by atoms with Gasteiger partial charge in [0, 0.05) is 22.5 Å². The lowest BCUT2D eigenvalue weighted by Gasteiger charge is -2.19. The minimum Gasteiger partial charge on any atom is -0.508 e. The molecule has 10 nitrogen and oxygen atoms in total. The minimum atomic E-state index is -0.976.